The molecular formula is C15H19BrN2O2S. The monoisotopic (exact) mass is 370 g/mol. The number of likely N-dealkylation sites (N-methyl/N-ethyl adjacent to an activating group) is 1. The SMILES string of the molecule is CNC(=O)[C@H]1CCCN1C(=O)CCSc1ccccc1Br. The van der Waals surface area contributed by atoms with Gasteiger partial charge in [-0.05, 0) is 40.9 Å². The zero-order valence-electron chi connectivity index (χ0n) is 12.0. The van der Waals surface area contributed by atoms with Crippen molar-refractivity contribution in [2.45, 2.75) is 30.2 Å². The standard InChI is InChI=1S/C15H19BrN2O2S/c1-17-15(20)12-6-4-9-18(12)14(19)8-10-21-13-7-3-2-5-11(13)16/h2-3,5,7,12H,4,6,8-10H2,1H3,(H,17,20)/t12-/m1/s1. The summed E-state index contributed by atoms with van der Waals surface area (Å²) >= 11 is 5.15. The first-order valence-electron chi connectivity index (χ1n) is 7.02. The summed E-state index contributed by atoms with van der Waals surface area (Å²) in [5.74, 6) is 0.734. The van der Waals surface area contributed by atoms with Crippen LogP contribution in [0.25, 0.3) is 0 Å². The number of hydrogen-bond acceptors (Lipinski definition) is 3. The maximum absolute atomic E-state index is 12.3. The Hall–Kier alpha value is -1.01. The van der Waals surface area contributed by atoms with Crippen molar-refractivity contribution in [3.63, 3.8) is 0 Å². The quantitative estimate of drug-likeness (QED) is 0.810. The Morgan fingerprint density at radius 3 is 2.90 bits per heavy atom. The van der Waals surface area contributed by atoms with Crippen molar-refractivity contribution in [3.05, 3.63) is 28.7 Å². The molecule has 0 radical (unpaired) electrons. The minimum atomic E-state index is -0.282. The van der Waals surface area contributed by atoms with Crippen LogP contribution in [0, 0.1) is 0 Å². The highest BCUT2D eigenvalue weighted by Crippen LogP contribution is 2.28. The van der Waals surface area contributed by atoms with E-state index in [4.69, 9.17) is 0 Å². The Bertz CT molecular complexity index is 524. The van der Waals surface area contributed by atoms with Gasteiger partial charge >= 0.3 is 0 Å². The molecule has 1 aliphatic rings. The van der Waals surface area contributed by atoms with Crippen LogP contribution in [0.4, 0.5) is 0 Å². The second-order valence-electron chi connectivity index (χ2n) is 4.89. The highest BCUT2D eigenvalue weighted by atomic mass is 79.9. The van der Waals surface area contributed by atoms with E-state index in [0.717, 1.165) is 28.0 Å². The van der Waals surface area contributed by atoms with Crippen molar-refractivity contribution in [1.29, 1.82) is 0 Å². The molecule has 1 N–H and O–H groups in total. The third kappa shape index (κ3) is 4.23. The predicted molar refractivity (Wildman–Crippen MR) is 88.3 cm³/mol. The molecule has 6 heteroatoms. The second kappa shape index (κ2) is 7.84. The Balaban J connectivity index is 1.84. The molecule has 0 spiro atoms. The molecular weight excluding hydrogens is 352 g/mol. The molecule has 0 unspecified atom stereocenters. The van der Waals surface area contributed by atoms with Gasteiger partial charge in [0, 0.05) is 35.1 Å². The Morgan fingerprint density at radius 2 is 2.19 bits per heavy atom. The lowest BCUT2D eigenvalue weighted by atomic mass is 10.2. The van der Waals surface area contributed by atoms with E-state index in [2.05, 4.69) is 21.2 Å². The maximum Gasteiger partial charge on any atom is 0.242 e. The molecule has 0 saturated carbocycles. The van der Waals surface area contributed by atoms with Gasteiger partial charge in [0.25, 0.3) is 0 Å². The van der Waals surface area contributed by atoms with Crippen LogP contribution >= 0.6 is 27.7 Å². The predicted octanol–water partition coefficient (Wildman–Crippen LogP) is 2.67. The van der Waals surface area contributed by atoms with Crippen LogP contribution in [0.1, 0.15) is 19.3 Å². The zero-order valence-corrected chi connectivity index (χ0v) is 14.4. The summed E-state index contributed by atoms with van der Waals surface area (Å²) in [6, 6.07) is 7.69. The molecule has 1 fully saturated rings. The minimum absolute atomic E-state index is 0.0562. The van der Waals surface area contributed by atoms with Gasteiger partial charge in [-0.25, -0.2) is 0 Å². The van der Waals surface area contributed by atoms with Crippen LogP contribution in [-0.2, 0) is 9.59 Å². The van der Waals surface area contributed by atoms with Gasteiger partial charge in [-0.15, -0.1) is 11.8 Å². The zero-order chi connectivity index (χ0) is 15.2. The van der Waals surface area contributed by atoms with E-state index in [-0.39, 0.29) is 17.9 Å². The minimum Gasteiger partial charge on any atom is -0.357 e. The summed E-state index contributed by atoms with van der Waals surface area (Å²) in [4.78, 5) is 26.9. The van der Waals surface area contributed by atoms with Gasteiger partial charge in [-0.1, -0.05) is 12.1 Å². The molecule has 1 aliphatic heterocycles. The molecule has 0 bridgehead atoms. The van der Waals surface area contributed by atoms with Gasteiger partial charge in [0.15, 0.2) is 0 Å². The molecule has 1 saturated heterocycles. The van der Waals surface area contributed by atoms with E-state index in [9.17, 15) is 9.59 Å². The molecule has 1 aromatic carbocycles. The van der Waals surface area contributed by atoms with Crippen LogP contribution in [0.15, 0.2) is 33.6 Å². The van der Waals surface area contributed by atoms with Crippen molar-refractivity contribution >= 4 is 39.5 Å². The van der Waals surface area contributed by atoms with Gasteiger partial charge in [0.2, 0.25) is 11.8 Å². The van der Waals surface area contributed by atoms with Gasteiger partial charge in [0.1, 0.15) is 6.04 Å². The first kappa shape index (κ1) is 16.4. The summed E-state index contributed by atoms with van der Waals surface area (Å²) in [5, 5.41) is 2.64. The Morgan fingerprint density at radius 1 is 1.43 bits per heavy atom. The number of carbonyl (C=O) groups is 2. The summed E-state index contributed by atoms with van der Waals surface area (Å²) < 4.78 is 1.05. The molecule has 4 nitrogen and oxygen atoms in total. The molecule has 114 valence electrons. The second-order valence-corrected chi connectivity index (χ2v) is 6.88. The number of halogens is 1. The van der Waals surface area contributed by atoms with Crippen LogP contribution in [-0.4, -0.2) is 42.1 Å². The van der Waals surface area contributed by atoms with Crippen LogP contribution < -0.4 is 5.32 Å². The van der Waals surface area contributed by atoms with E-state index in [1.54, 1.807) is 23.7 Å². The fraction of sp³-hybridized carbons (Fsp3) is 0.467. The first-order chi connectivity index (χ1) is 10.1. The number of thioether (sulfide) groups is 1. The van der Waals surface area contributed by atoms with Gasteiger partial charge in [0.05, 0.1) is 0 Å². The Labute approximate surface area is 137 Å². The number of nitrogens with zero attached hydrogens (tertiary/aromatic N) is 1. The number of rotatable bonds is 5. The number of likely N-dealkylation sites (tertiary alicyclic amines) is 1. The van der Waals surface area contributed by atoms with Gasteiger partial charge in [-0.2, -0.15) is 0 Å². The maximum atomic E-state index is 12.3. The van der Waals surface area contributed by atoms with Crippen molar-refractivity contribution in [2.75, 3.05) is 19.3 Å². The topological polar surface area (TPSA) is 49.4 Å². The smallest absolute Gasteiger partial charge is 0.242 e. The highest BCUT2D eigenvalue weighted by molar-refractivity contribution is 9.10. The number of nitrogens with one attached hydrogen (secondary N) is 1. The average molecular weight is 371 g/mol. The van der Waals surface area contributed by atoms with E-state index in [1.807, 2.05) is 24.3 Å². The Kier molecular flexibility index (Phi) is 6.11. The summed E-state index contributed by atoms with van der Waals surface area (Å²) in [7, 11) is 1.62. The van der Waals surface area contributed by atoms with Crippen molar-refractivity contribution in [1.82, 2.24) is 10.2 Å². The van der Waals surface area contributed by atoms with Crippen molar-refractivity contribution in [2.24, 2.45) is 0 Å². The third-order valence-electron chi connectivity index (χ3n) is 3.53. The van der Waals surface area contributed by atoms with Gasteiger partial charge < -0.3 is 10.2 Å². The average Bonchev–Trinajstić information content (AvgIpc) is 2.98. The molecule has 0 aromatic heterocycles. The molecule has 0 aliphatic carbocycles. The number of hydrogen-bond donors (Lipinski definition) is 1. The van der Waals surface area contributed by atoms with Crippen LogP contribution in [0.3, 0.4) is 0 Å². The number of amides is 2. The fourth-order valence-electron chi connectivity index (χ4n) is 2.46. The lowest BCUT2D eigenvalue weighted by Gasteiger charge is -2.23. The number of benzene rings is 1. The van der Waals surface area contributed by atoms with E-state index < -0.39 is 0 Å². The molecule has 2 rings (SSSR count). The van der Waals surface area contributed by atoms with Crippen LogP contribution in [0.2, 0.25) is 0 Å². The van der Waals surface area contributed by atoms with E-state index >= 15 is 0 Å². The molecule has 1 heterocycles. The van der Waals surface area contributed by atoms with Crippen molar-refractivity contribution in [3.8, 4) is 0 Å². The lowest BCUT2D eigenvalue weighted by Crippen LogP contribution is -2.45. The molecule has 1 aromatic rings. The van der Waals surface area contributed by atoms with E-state index in [1.165, 1.54) is 0 Å². The lowest BCUT2D eigenvalue weighted by molar-refractivity contribution is -0.137. The summed E-state index contributed by atoms with van der Waals surface area (Å²) in [6.07, 6.45) is 2.13. The van der Waals surface area contributed by atoms with Gasteiger partial charge in [-0.3, -0.25) is 9.59 Å². The number of carbonyl (C=O) groups excluding carboxylic acids is 2. The molecule has 1 atom stereocenters. The largest absolute Gasteiger partial charge is 0.357 e. The highest BCUT2D eigenvalue weighted by Gasteiger charge is 2.32. The summed E-state index contributed by atoms with van der Waals surface area (Å²) in [5.41, 5.74) is 0. The van der Waals surface area contributed by atoms with Crippen molar-refractivity contribution < 1.29 is 9.59 Å². The molecule has 2 amide bonds. The van der Waals surface area contributed by atoms with Crippen LogP contribution in [0.5, 0.6) is 0 Å². The fourth-order valence-corrected chi connectivity index (χ4v) is 3.96. The first-order valence-corrected chi connectivity index (χ1v) is 8.79. The summed E-state index contributed by atoms with van der Waals surface area (Å²) in [6.45, 7) is 0.691. The third-order valence-corrected chi connectivity index (χ3v) is 5.56. The normalized spacial score (nSPS) is 17.8. The molecule has 21 heavy (non-hydrogen) atoms. The van der Waals surface area contributed by atoms with E-state index in [0.29, 0.717) is 13.0 Å².